The van der Waals surface area contributed by atoms with E-state index in [1.807, 2.05) is 13.0 Å². The molecule has 0 saturated carbocycles. The minimum absolute atomic E-state index is 0.0512. The SMILES string of the molecule is CCOC(C)c1nc(-c2ccccc2)c(CNC(C)C)s1. The summed E-state index contributed by atoms with van der Waals surface area (Å²) in [5, 5.41) is 4.54. The minimum atomic E-state index is 0.0512. The maximum Gasteiger partial charge on any atom is 0.122 e. The second-order valence-corrected chi connectivity index (χ2v) is 6.44. The predicted molar refractivity (Wildman–Crippen MR) is 89.6 cm³/mol. The molecule has 1 N–H and O–H groups in total. The van der Waals surface area contributed by atoms with E-state index < -0.39 is 0 Å². The molecule has 114 valence electrons. The Bertz CT molecular complexity index is 551. The van der Waals surface area contributed by atoms with Gasteiger partial charge in [0.25, 0.3) is 0 Å². The molecule has 0 aliphatic carbocycles. The van der Waals surface area contributed by atoms with Crippen LogP contribution in [0.5, 0.6) is 0 Å². The van der Waals surface area contributed by atoms with Crippen molar-refractivity contribution in [3.8, 4) is 11.3 Å². The topological polar surface area (TPSA) is 34.1 Å². The van der Waals surface area contributed by atoms with Crippen LogP contribution in [0.25, 0.3) is 11.3 Å². The monoisotopic (exact) mass is 304 g/mol. The Morgan fingerprint density at radius 1 is 1.19 bits per heavy atom. The number of benzene rings is 1. The highest BCUT2D eigenvalue weighted by Crippen LogP contribution is 2.32. The molecule has 4 heteroatoms. The molecule has 1 atom stereocenters. The number of hydrogen-bond acceptors (Lipinski definition) is 4. The van der Waals surface area contributed by atoms with E-state index in [1.54, 1.807) is 11.3 Å². The molecular formula is C17H24N2OS. The second-order valence-electron chi connectivity index (χ2n) is 5.32. The van der Waals surface area contributed by atoms with E-state index >= 15 is 0 Å². The first-order valence-corrected chi connectivity index (χ1v) is 8.33. The Morgan fingerprint density at radius 2 is 1.90 bits per heavy atom. The van der Waals surface area contributed by atoms with E-state index in [0.29, 0.717) is 12.6 Å². The number of ether oxygens (including phenoxy) is 1. The average molecular weight is 304 g/mol. The largest absolute Gasteiger partial charge is 0.372 e. The average Bonchev–Trinajstić information content (AvgIpc) is 2.90. The van der Waals surface area contributed by atoms with E-state index in [0.717, 1.165) is 17.2 Å². The van der Waals surface area contributed by atoms with Gasteiger partial charge in [0.1, 0.15) is 11.1 Å². The fourth-order valence-electron chi connectivity index (χ4n) is 2.10. The van der Waals surface area contributed by atoms with Gasteiger partial charge in [0.15, 0.2) is 0 Å². The smallest absolute Gasteiger partial charge is 0.122 e. The van der Waals surface area contributed by atoms with Crippen molar-refractivity contribution in [3.05, 3.63) is 40.2 Å². The van der Waals surface area contributed by atoms with E-state index in [1.165, 1.54) is 10.4 Å². The van der Waals surface area contributed by atoms with Gasteiger partial charge in [0.2, 0.25) is 0 Å². The summed E-state index contributed by atoms with van der Waals surface area (Å²) in [6.45, 7) is 9.96. The summed E-state index contributed by atoms with van der Waals surface area (Å²) >= 11 is 1.75. The first-order chi connectivity index (χ1) is 10.1. The fourth-order valence-corrected chi connectivity index (χ4v) is 3.14. The zero-order valence-electron chi connectivity index (χ0n) is 13.2. The molecule has 0 saturated heterocycles. The zero-order valence-corrected chi connectivity index (χ0v) is 14.0. The standard InChI is InChI=1S/C17H24N2OS/c1-5-20-13(4)17-19-16(14-9-7-6-8-10-14)15(21-17)11-18-12(2)3/h6-10,12-13,18H,5,11H2,1-4H3. The van der Waals surface area contributed by atoms with Crippen LogP contribution in [0.1, 0.15) is 43.7 Å². The van der Waals surface area contributed by atoms with Crippen molar-refractivity contribution in [2.75, 3.05) is 6.61 Å². The lowest BCUT2D eigenvalue weighted by Crippen LogP contribution is -2.21. The molecular weight excluding hydrogens is 280 g/mol. The Labute approximate surface area is 131 Å². The summed E-state index contributed by atoms with van der Waals surface area (Å²) in [4.78, 5) is 6.10. The number of hydrogen-bond donors (Lipinski definition) is 1. The number of thiazole rings is 1. The molecule has 2 rings (SSSR count). The van der Waals surface area contributed by atoms with Gasteiger partial charge < -0.3 is 10.1 Å². The van der Waals surface area contributed by atoms with Crippen LogP contribution in [0.3, 0.4) is 0 Å². The highest BCUT2D eigenvalue weighted by Gasteiger charge is 2.17. The Balaban J connectivity index is 2.31. The van der Waals surface area contributed by atoms with Crippen molar-refractivity contribution in [1.82, 2.24) is 10.3 Å². The van der Waals surface area contributed by atoms with Gasteiger partial charge in [-0.05, 0) is 13.8 Å². The van der Waals surface area contributed by atoms with Crippen LogP contribution in [0, 0.1) is 0 Å². The number of nitrogens with one attached hydrogen (secondary N) is 1. The molecule has 0 aliphatic rings. The lowest BCUT2D eigenvalue weighted by molar-refractivity contribution is 0.0762. The van der Waals surface area contributed by atoms with Crippen LogP contribution in [0.2, 0.25) is 0 Å². The van der Waals surface area contributed by atoms with Gasteiger partial charge in [-0.2, -0.15) is 0 Å². The van der Waals surface area contributed by atoms with Gasteiger partial charge in [-0.1, -0.05) is 44.2 Å². The van der Waals surface area contributed by atoms with Crippen LogP contribution in [0.4, 0.5) is 0 Å². The molecule has 0 fully saturated rings. The minimum Gasteiger partial charge on any atom is -0.372 e. The lowest BCUT2D eigenvalue weighted by Gasteiger charge is -2.07. The summed E-state index contributed by atoms with van der Waals surface area (Å²) in [7, 11) is 0. The quantitative estimate of drug-likeness (QED) is 0.823. The number of rotatable bonds is 7. The fraction of sp³-hybridized carbons (Fsp3) is 0.471. The molecule has 2 aromatic rings. The van der Waals surface area contributed by atoms with Crippen molar-refractivity contribution in [3.63, 3.8) is 0 Å². The molecule has 0 amide bonds. The van der Waals surface area contributed by atoms with Crippen LogP contribution >= 0.6 is 11.3 Å². The van der Waals surface area contributed by atoms with Crippen molar-refractivity contribution < 1.29 is 4.74 Å². The van der Waals surface area contributed by atoms with Crippen molar-refractivity contribution in [1.29, 1.82) is 0 Å². The van der Waals surface area contributed by atoms with Gasteiger partial charge in [-0.15, -0.1) is 11.3 Å². The van der Waals surface area contributed by atoms with E-state index in [2.05, 4.69) is 50.4 Å². The van der Waals surface area contributed by atoms with Crippen LogP contribution < -0.4 is 5.32 Å². The molecule has 0 bridgehead atoms. The molecule has 1 aromatic heterocycles. The summed E-state index contributed by atoms with van der Waals surface area (Å²) in [5.74, 6) is 0. The number of nitrogens with zero attached hydrogens (tertiary/aromatic N) is 1. The lowest BCUT2D eigenvalue weighted by atomic mass is 10.1. The van der Waals surface area contributed by atoms with Gasteiger partial charge in [0.05, 0.1) is 5.69 Å². The van der Waals surface area contributed by atoms with Crippen LogP contribution in [0.15, 0.2) is 30.3 Å². The highest BCUT2D eigenvalue weighted by atomic mass is 32.1. The van der Waals surface area contributed by atoms with Gasteiger partial charge in [0, 0.05) is 29.6 Å². The van der Waals surface area contributed by atoms with E-state index in [4.69, 9.17) is 9.72 Å². The highest BCUT2D eigenvalue weighted by molar-refractivity contribution is 7.12. The summed E-state index contributed by atoms with van der Waals surface area (Å²) < 4.78 is 5.69. The van der Waals surface area contributed by atoms with E-state index in [-0.39, 0.29) is 6.10 Å². The Morgan fingerprint density at radius 3 is 2.52 bits per heavy atom. The third-order valence-corrected chi connectivity index (χ3v) is 4.41. The molecule has 1 unspecified atom stereocenters. The molecule has 1 heterocycles. The molecule has 1 aromatic carbocycles. The Hall–Kier alpha value is -1.23. The normalized spacial score (nSPS) is 12.8. The first-order valence-electron chi connectivity index (χ1n) is 7.51. The summed E-state index contributed by atoms with van der Waals surface area (Å²) in [6.07, 6.45) is 0.0512. The molecule has 0 aliphatic heterocycles. The molecule has 21 heavy (non-hydrogen) atoms. The molecule has 0 radical (unpaired) electrons. The maximum absolute atomic E-state index is 5.69. The third-order valence-electron chi connectivity index (χ3n) is 3.20. The summed E-state index contributed by atoms with van der Waals surface area (Å²) in [6, 6.07) is 10.8. The van der Waals surface area contributed by atoms with Gasteiger partial charge >= 0.3 is 0 Å². The Kier molecular flexibility index (Phi) is 5.91. The zero-order chi connectivity index (χ0) is 15.2. The van der Waals surface area contributed by atoms with Crippen LogP contribution in [-0.2, 0) is 11.3 Å². The molecule has 0 spiro atoms. The third kappa shape index (κ3) is 4.37. The van der Waals surface area contributed by atoms with E-state index in [9.17, 15) is 0 Å². The summed E-state index contributed by atoms with van der Waals surface area (Å²) in [5.41, 5.74) is 2.25. The number of aromatic nitrogens is 1. The first kappa shape index (κ1) is 16.1. The van der Waals surface area contributed by atoms with Crippen molar-refractivity contribution in [2.45, 2.75) is 46.4 Å². The van der Waals surface area contributed by atoms with Crippen molar-refractivity contribution in [2.24, 2.45) is 0 Å². The molecule has 3 nitrogen and oxygen atoms in total. The van der Waals surface area contributed by atoms with Crippen molar-refractivity contribution >= 4 is 11.3 Å². The van der Waals surface area contributed by atoms with Gasteiger partial charge in [-0.25, -0.2) is 4.98 Å². The van der Waals surface area contributed by atoms with Gasteiger partial charge in [-0.3, -0.25) is 0 Å². The second kappa shape index (κ2) is 7.69. The predicted octanol–water partition coefficient (Wildman–Crippen LogP) is 4.41. The maximum atomic E-state index is 5.69. The van der Waals surface area contributed by atoms with Crippen LogP contribution in [-0.4, -0.2) is 17.6 Å².